The predicted molar refractivity (Wildman–Crippen MR) is 94.3 cm³/mol. The monoisotopic (exact) mass is 375 g/mol. The highest BCUT2D eigenvalue weighted by Crippen LogP contribution is 2.26. The van der Waals surface area contributed by atoms with E-state index in [0.717, 1.165) is 12.8 Å². The molecule has 1 aliphatic carbocycles. The molecule has 2 rings (SSSR count). The first-order chi connectivity index (χ1) is 11.7. The number of amides is 2. The lowest BCUT2D eigenvalue weighted by atomic mass is 9.85. The van der Waals surface area contributed by atoms with Crippen LogP contribution in [0, 0.1) is 0 Å². The molecule has 2 amide bonds. The molecule has 2 atom stereocenters. The van der Waals surface area contributed by atoms with Crippen LogP contribution in [0.25, 0.3) is 0 Å². The van der Waals surface area contributed by atoms with E-state index in [-0.39, 0.29) is 37.7 Å². The fourth-order valence-corrected chi connectivity index (χ4v) is 5.53. The summed E-state index contributed by atoms with van der Waals surface area (Å²) in [5.41, 5.74) is 0. The van der Waals surface area contributed by atoms with E-state index in [0.29, 0.717) is 13.0 Å². The molecule has 0 spiro atoms. The summed E-state index contributed by atoms with van der Waals surface area (Å²) < 4.78 is 24.5. The van der Waals surface area contributed by atoms with Crippen LogP contribution in [0.5, 0.6) is 0 Å². The van der Waals surface area contributed by atoms with Crippen LogP contribution in [0.4, 0.5) is 4.79 Å². The molecule has 1 aliphatic heterocycles. The topological polar surface area (TPSA) is 107 Å². The number of urea groups is 1. The average Bonchev–Trinajstić information content (AvgIpc) is 2.50. The van der Waals surface area contributed by atoms with Gasteiger partial charge >= 0.3 is 12.0 Å². The highest BCUT2D eigenvalue weighted by Gasteiger charge is 2.41. The van der Waals surface area contributed by atoms with Crippen LogP contribution < -0.4 is 5.32 Å². The van der Waals surface area contributed by atoms with Crippen molar-refractivity contribution in [2.75, 3.05) is 26.2 Å². The van der Waals surface area contributed by atoms with Gasteiger partial charge in [-0.25, -0.2) is 13.2 Å². The quantitative estimate of drug-likeness (QED) is 0.701. The number of sulfone groups is 1. The van der Waals surface area contributed by atoms with Gasteiger partial charge in [0.15, 0.2) is 9.84 Å². The van der Waals surface area contributed by atoms with Gasteiger partial charge in [-0.2, -0.15) is 0 Å². The highest BCUT2D eigenvalue weighted by molar-refractivity contribution is 7.92. The number of rotatable bonds is 6. The number of hydrogen-bond donors (Lipinski definition) is 2. The van der Waals surface area contributed by atoms with Crippen LogP contribution >= 0.6 is 0 Å². The van der Waals surface area contributed by atoms with E-state index >= 15 is 0 Å². The number of aliphatic carboxylic acids is 1. The number of carbonyl (C=O) groups excluding carboxylic acids is 1. The van der Waals surface area contributed by atoms with Crippen molar-refractivity contribution in [1.82, 2.24) is 15.1 Å². The Balaban J connectivity index is 1.85. The van der Waals surface area contributed by atoms with Gasteiger partial charge in [0.25, 0.3) is 0 Å². The number of hydrogen-bond acceptors (Lipinski definition) is 5. The maximum atomic E-state index is 12.5. The van der Waals surface area contributed by atoms with Crippen LogP contribution in [0.1, 0.15) is 40.0 Å². The minimum absolute atomic E-state index is 0.0154. The summed E-state index contributed by atoms with van der Waals surface area (Å²) in [6.07, 6.45) is 1.96. The van der Waals surface area contributed by atoms with Gasteiger partial charge in [0.05, 0.1) is 17.0 Å². The van der Waals surface area contributed by atoms with Gasteiger partial charge in [-0.1, -0.05) is 13.8 Å². The van der Waals surface area contributed by atoms with E-state index in [1.165, 1.54) is 0 Å². The number of carbonyl (C=O) groups is 2. The molecule has 1 saturated heterocycles. The molecule has 1 saturated carbocycles. The first-order valence-corrected chi connectivity index (χ1v) is 10.5. The van der Waals surface area contributed by atoms with Crippen molar-refractivity contribution in [3.63, 3.8) is 0 Å². The molecule has 0 aromatic heterocycles. The molecule has 8 nitrogen and oxygen atoms in total. The molecule has 2 aliphatic rings. The molecule has 2 fully saturated rings. The van der Waals surface area contributed by atoms with Crippen LogP contribution in [0.3, 0.4) is 0 Å². The number of nitrogens with one attached hydrogen (secondary N) is 1. The van der Waals surface area contributed by atoms with Crippen molar-refractivity contribution in [3.05, 3.63) is 0 Å². The van der Waals surface area contributed by atoms with Gasteiger partial charge < -0.3 is 15.3 Å². The van der Waals surface area contributed by atoms with Gasteiger partial charge in [-0.05, 0) is 32.7 Å². The van der Waals surface area contributed by atoms with E-state index in [2.05, 4.69) is 5.32 Å². The molecular formula is C16H29N3O5S. The van der Waals surface area contributed by atoms with E-state index < -0.39 is 26.3 Å². The largest absolute Gasteiger partial charge is 0.480 e. The SMILES string of the molecule is CCC1CN(C(=O)NC2CC(N(CC)CC(=O)O)C2)CC(C)S1(=O)=O. The van der Waals surface area contributed by atoms with Crippen molar-refractivity contribution < 1.29 is 23.1 Å². The molecule has 0 aromatic rings. The molecule has 0 radical (unpaired) electrons. The lowest BCUT2D eigenvalue weighted by Crippen LogP contribution is -2.60. The fourth-order valence-electron chi connectivity index (χ4n) is 3.64. The first-order valence-electron chi connectivity index (χ1n) is 8.92. The van der Waals surface area contributed by atoms with Gasteiger partial charge in [0, 0.05) is 25.2 Å². The van der Waals surface area contributed by atoms with Crippen LogP contribution in [-0.2, 0) is 14.6 Å². The van der Waals surface area contributed by atoms with Crippen molar-refractivity contribution in [3.8, 4) is 0 Å². The van der Waals surface area contributed by atoms with Gasteiger partial charge in [-0.15, -0.1) is 0 Å². The third kappa shape index (κ3) is 4.44. The summed E-state index contributed by atoms with van der Waals surface area (Å²) in [5, 5.41) is 10.8. The van der Waals surface area contributed by atoms with E-state index in [1.54, 1.807) is 11.8 Å². The molecule has 1 heterocycles. The van der Waals surface area contributed by atoms with Crippen molar-refractivity contribution in [1.29, 1.82) is 0 Å². The lowest BCUT2D eigenvalue weighted by Gasteiger charge is -2.43. The Hall–Kier alpha value is -1.35. The van der Waals surface area contributed by atoms with Crippen molar-refractivity contribution in [2.24, 2.45) is 0 Å². The highest BCUT2D eigenvalue weighted by atomic mass is 32.2. The van der Waals surface area contributed by atoms with E-state index in [9.17, 15) is 18.0 Å². The fraction of sp³-hybridized carbons (Fsp3) is 0.875. The number of carboxylic acid groups (broad SMARTS) is 1. The maximum Gasteiger partial charge on any atom is 0.317 e. The summed E-state index contributed by atoms with van der Waals surface area (Å²) in [5.74, 6) is -0.844. The predicted octanol–water partition coefficient (Wildman–Crippen LogP) is 0.531. The Kier molecular flexibility index (Phi) is 6.31. The smallest absolute Gasteiger partial charge is 0.317 e. The minimum atomic E-state index is -3.16. The normalized spacial score (nSPS) is 31.4. The third-order valence-corrected chi connectivity index (χ3v) is 8.05. The summed E-state index contributed by atoms with van der Waals surface area (Å²) in [7, 11) is -3.16. The van der Waals surface area contributed by atoms with E-state index in [1.807, 2.05) is 18.7 Å². The van der Waals surface area contributed by atoms with Crippen molar-refractivity contribution >= 4 is 21.8 Å². The second kappa shape index (κ2) is 7.90. The summed E-state index contributed by atoms with van der Waals surface area (Å²) >= 11 is 0. The maximum absolute atomic E-state index is 12.5. The number of carboxylic acids is 1. The molecule has 144 valence electrons. The second-order valence-corrected chi connectivity index (χ2v) is 9.71. The zero-order valence-electron chi connectivity index (χ0n) is 15.1. The summed E-state index contributed by atoms with van der Waals surface area (Å²) in [4.78, 5) is 26.8. The Bertz CT molecular complexity index is 603. The van der Waals surface area contributed by atoms with Crippen LogP contribution in [-0.4, -0.2) is 84.1 Å². The standard InChI is InChI=1S/C16H29N3O5S/c1-4-14-9-19(8-11(3)25(14,23)24)16(22)17-12-6-13(7-12)18(5-2)10-15(20)21/h11-14H,4-10H2,1-3H3,(H,17,22)(H,20,21). The Morgan fingerprint density at radius 3 is 2.40 bits per heavy atom. The lowest BCUT2D eigenvalue weighted by molar-refractivity contribution is -0.139. The first kappa shape index (κ1) is 20.0. The minimum Gasteiger partial charge on any atom is -0.480 e. The van der Waals surface area contributed by atoms with Gasteiger partial charge in [-0.3, -0.25) is 9.69 Å². The Morgan fingerprint density at radius 1 is 1.24 bits per heavy atom. The molecule has 0 aromatic carbocycles. The second-order valence-electron chi connectivity index (χ2n) is 7.06. The van der Waals surface area contributed by atoms with E-state index in [4.69, 9.17) is 5.11 Å². The zero-order chi connectivity index (χ0) is 18.8. The zero-order valence-corrected chi connectivity index (χ0v) is 16.0. The molecule has 9 heteroatoms. The van der Waals surface area contributed by atoms with Gasteiger partial charge in [0.1, 0.15) is 0 Å². The van der Waals surface area contributed by atoms with Crippen molar-refractivity contribution in [2.45, 2.75) is 62.6 Å². The van der Waals surface area contributed by atoms with Crippen LogP contribution in [0.2, 0.25) is 0 Å². The molecule has 25 heavy (non-hydrogen) atoms. The molecule has 2 N–H and O–H groups in total. The molecular weight excluding hydrogens is 346 g/mol. The van der Waals surface area contributed by atoms with Gasteiger partial charge in [0.2, 0.25) is 0 Å². The average molecular weight is 375 g/mol. The summed E-state index contributed by atoms with van der Waals surface area (Å²) in [6.45, 7) is 6.55. The number of likely N-dealkylation sites (N-methyl/N-ethyl adjacent to an activating group) is 1. The number of nitrogens with zero attached hydrogens (tertiary/aromatic N) is 2. The Morgan fingerprint density at radius 2 is 1.88 bits per heavy atom. The molecule has 0 bridgehead atoms. The summed E-state index contributed by atoms with van der Waals surface area (Å²) in [6, 6.07) is -0.0189. The van der Waals surface area contributed by atoms with Crippen LogP contribution in [0.15, 0.2) is 0 Å². The third-order valence-electron chi connectivity index (χ3n) is 5.37. The Labute approximate surface area is 149 Å². The molecule has 2 unspecified atom stereocenters.